The number of benzene rings is 3. The van der Waals surface area contributed by atoms with Crippen molar-refractivity contribution >= 4 is 52.6 Å². The lowest BCUT2D eigenvalue weighted by molar-refractivity contribution is -0.131. The van der Waals surface area contributed by atoms with Crippen molar-refractivity contribution in [2.75, 3.05) is 23.0 Å². The summed E-state index contributed by atoms with van der Waals surface area (Å²) in [6.45, 7) is 1.37. The Morgan fingerprint density at radius 1 is 0.980 bits per heavy atom. The zero-order valence-electron chi connectivity index (χ0n) is 26.0. The summed E-state index contributed by atoms with van der Waals surface area (Å²) < 4.78 is 20.1. The van der Waals surface area contributed by atoms with Crippen LogP contribution in [0.25, 0.3) is 0 Å². The van der Waals surface area contributed by atoms with Gasteiger partial charge in [-0.15, -0.1) is 0 Å². The summed E-state index contributed by atoms with van der Waals surface area (Å²) in [4.78, 5) is 70.5. The monoisotopic (exact) mass is 688 g/mol. The van der Waals surface area contributed by atoms with Gasteiger partial charge in [-0.25, -0.2) is 19.0 Å². The number of phenols is 1. The molecule has 3 aromatic rings. The Kier molecular flexibility index (Phi) is 7.83. The van der Waals surface area contributed by atoms with E-state index in [1.54, 1.807) is 31.2 Å². The lowest BCUT2D eigenvalue weighted by Gasteiger charge is -2.49. The predicted octanol–water partition coefficient (Wildman–Crippen LogP) is 4.69. The van der Waals surface area contributed by atoms with Crippen molar-refractivity contribution in [3.63, 3.8) is 0 Å². The standard InChI is InChI=1S/C36H30ClFN2O9/c1-36-24(32(44)40(35(36)48)17-7-11-26(38)25(37)14-17)16-23-19(30(36)21-4-2-3-5-28(21)49-13-12-41)9-10-22-29(23)33(45)39(31(22)43)18-6-8-20(34(46)47)27(42)15-18/h2-9,11,14-15,22-24,29-30,41-42H,10,12-13,16H2,1H3,(H,46,47)/t22-,23+,24-,29-,30+,36+/m0/s1. The largest absolute Gasteiger partial charge is 0.507 e. The molecule has 0 radical (unpaired) electrons. The van der Waals surface area contributed by atoms with Gasteiger partial charge in [0, 0.05) is 17.5 Å². The van der Waals surface area contributed by atoms with Crippen molar-refractivity contribution in [2.45, 2.75) is 25.7 Å². The van der Waals surface area contributed by atoms with E-state index in [0.717, 1.165) is 28.0 Å². The number of imide groups is 2. The summed E-state index contributed by atoms with van der Waals surface area (Å²) in [6.07, 6.45) is 2.05. The first-order chi connectivity index (χ1) is 23.4. The average Bonchev–Trinajstić information content (AvgIpc) is 3.44. The Balaban J connectivity index is 1.36. The van der Waals surface area contributed by atoms with E-state index < -0.39 is 81.7 Å². The van der Waals surface area contributed by atoms with E-state index >= 15 is 0 Å². The number of aliphatic hydroxyl groups is 1. The number of hydrogen-bond donors (Lipinski definition) is 3. The molecule has 49 heavy (non-hydrogen) atoms. The van der Waals surface area contributed by atoms with Gasteiger partial charge in [-0.05, 0) is 62.1 Å². The Morgan fingerprint density at radius 3 is 2.39 bits per heavy atom. The van der Waals surface area contributed by atoms with Crippen LogP contribution < -0.4 is 14.5 Å². The molecule has 0 aromatic heterocycles. The first-order valence-electron chi connectivity index (χ1n) is 15.7. The van der Waals surface area contributed by atoms with Crippen molar-refractivity contribution in [2.24, 2.45) is 29.1 Å². The van der Waals surface area contributed by atoms with Crippen LogP contribution >= 0.6 is 11.6 Å². The number of carbonyl (C=O) groups is 5. The third-order valence-corrected chi connectivity index (χ3v) is 10.8. The minimum atomic E-state index is -1.41. The molecule has 1 saturated carbocycles. The minimum Gasteiger partial charge on any atom is -0.507 e. The fraction of sp³-hybridized carbons (Fsp3) is 0.306. The first kappa shape index (κ1) is 32.5. The summed E-state index contributed by atoms with van der Waals surface area (Å²) >= 11 is 6.07. The van der Waals surface area contributed by atoms with Crippen LogP contribution in [0.2, 0.25) is 5.02 Å². The molecule has 2 aliphatic heterocycles. The molecule has 7 rings (SSSR count). The van der Waals surface area contributed by atoms with Crippen LogP contribution in [0.15, 0.2) is 72.3 Å². The van der Waals surface area contributed by atoms with Crippen LogP contribution in [0.1, 0.15) is 41.6 Å². The highest BCUT2D eigenvalue weighted by atomic mass is 35.5. The van der Waals surface area contributed by atoms with Crippen LogP contribution in [0.4, 0.5) is 15.8 Å². The maximum atomic E-state index is 14.6. The van der Waals surface area contributed by atoms with E-state index in [0.29, 0.717) is 16.9 Å². The normalized spacial score (nSPS) is 27.5. The maximum absolute atomic E-state index is 14.6. The second-order valence-electron chi connectivity index (χ2n) is 12.9. The molecule has 2 heterocycles. The number of anilines is 2. The molecule has 252 valence electrons. The molecule has 0 spiro atoms. The summed E-state index contributed by atoms with van der Waals surface area (Å²) in [5, 5.41) is 29.0. The molecule has 0 unspecified atom stereocenters. The highest BCUT2D eigenvalue weighted by Gasteiger charge is 2.68. The van der Waals surface area contributed by atoms with Gasteiger partial charge in [0.05, 0.1) is 46.2 Å². The predicted molar refractivity (Wildman–Crippen MR) is 173 cm³/mol. The Labute approximate surface area is 284 Å². The molecule has 3 fully saturated rings. The van der Waals surface area contributed by atoms with Gasteiger partial charge in [-0.3, -0.25) is 19.2 Å². The molecule has 0 bridgehead atoms. The van der Waals surface area contributed by atoms with Gasteiger partial charge >= 0.3 is 5.97 Å². The molecule has 11 nitrogen and oxygen atoms in total. The maximum Gasteiger partial charge on any atom is 0.339 e. The van der Waals surface area contributed by atoms with E-state index in [1.165, 1.54) is 18.2 Å². The van der Waals surface area contributed by atoms with Crippen molar-refractivity contribution in [1.29, 1.82) is 0 Å². The number of fused-ring (bicyclic) bond motifs is 4. The summed E-state index contributed by atoms with van der Waals surface area (Å²) in [5.74, 6) is -8.72. The molecular weight excluding hydrogens is 659 g/mol. The van der Waals surface area contributed by atoms with Crippen LogP contribution in [-0.2, 0) is 19.2 Å². The summed E-state index contributed by atoms with van der Waals surface area (Å²) in [6, 6.07) is 14.0. The van der Waals surface area contributed by atoms with Gasteiger partial charge in [0.2, 0.25) is 23.6 Å². The second-order valence-corrected chi connectivity index (χ2v) is 13.3. The van der Waals surface area contributed by atoms with Crippen molar-refractivity contribution in [1.82, 2.24) is 0 Å². The van der Waals surface area contributed by atoms with Gasteiger partial charge in [-0.2, -0.15) is 0 Å². The zero-order chi connectivity index (χ0) is 34.9. The third kappa shape index (κ3) is 4.76. The molecular formula is C36H30ClFN2O9. The molecule has 6 atom stereocenters. The molecule has 4 aliphatic rings. The minimum absolute atomic E-state index is 0.0138. The third-order valence-electron chi connectivity index (χ3n) is 10.5. The fourth-order valence-electron chi connectivity index (χ4n) is 8.33. The number of aromatic hydroxyl groups is 1. The van der Waals surface area contributed by atoms with Gasteiger partial charge < -0.3 is 20.1 Å². The SMILES string of the molecule is C[C@@]12C(=O)N(c3ccc(F)c(Cl)c3)C(=O)[C@@H]1C[C@@H]1C(=CC[C@@H]3C(=O)N(c4ccc(C(=O)O)c(O)c4)C(=O)[C@@H]31)[C@@H]2c1ccccc1OCCO. The van der Waals surface area contributed by atoms with E-state index in [9.17, 15) is 43.7 Å². The van der Waals surface area contributed by atoms with Gasteiger partial charge in [0.25, 0.3) is 0 Å². The van der Waals surface area contributed by atoms with E-state index in [2.05, 4.69) is 0 Å². The second kappa shape index (κ2) is 11.8. The van der Waals surface area contributed by atoms with Crippen molar-refractivity contribution < 1.29 is 48.4 Å². The topological polar surface area (TPSA) is 162 Å². The van der Waals surface area contributed by atoms with Crippen molar-refractivity contribution in [3.05, 3.63) is 94.3 Å². The molecule has 2 aliphatic carbocycles. The molecule has 3 N–H and O–H groups in total. The summed E-state index contributed by atoms with van der Waals surface area (Å²) in [5.41, 5.74) is -0.446. The van der Waals surface area contributed by atoms with Gasteiger partial charge in [0.1, 0.15) is 29.5 Å². The number of nitrogens with zero attached hydrogens (tertiary/aromatic N) is 2. The molecule has 4 amide bonds. The highest BCUT2D eigenvalue weighted by molar-refractivity contribution is 6.32. The number of hydrogen-bond acceptors (Lipinski definition) is 8. The number of carboxylic acid groups (broad SMARTS) is 1. The molecule has 13 heteroatoms. The lowest BCUT2D eigenvalue weighted by atomic mass is 9.51. The van der Waals surface area contributed by atoms with Crippen LogP contribution in [0.5, 0.6) is 11.5 Å². The Bertz CT molecular complexity index is 2000. The number of para-hydroxylation sites is 1. The van der Waals surface area contributed by atoms with Gasteiger partial charge in [0.15, 0.2) is 0 Å². The van der Waals surface area contributed by atoms with Crippen LogP contribution in [0, 0.1) is 34.9 Å². The number of rotatable bonds is 7. The van der Waals surface area contributed by atoms with Crippen LogP contribution in [-0.4, -0.2) is 58.1 Å². The van der Waals surface area contributed by atoms with Crippen LogP contribution in [0.3, 0.4) is 0 Å². The number of amides is 4. The number of aromatic carboxylic acids is 1. The fourth-order valence-corrected chi connectivity index (χ4v) is 8.50. The summed E-state index contributed by atoms with van der Waals surface area (Å²) in [7, 11) is 0. The number of allylic oxidation sites excluding steroid dienone is 2. The quantitative estimate of drug-likeness (QED) is 0.236. The average molecular weight is 689 g/mol. The number of halogens is 2. The first-order valence-corrected chi connectivity index (χ1v) is 16.1. The molecule has 2 saturated heterocycles. The highest BCUT2D eigenvalue weighted by Crippen LogP contribution is 2.64. The zero-order valence-corrected chi connectivity index (χ0v) is 26.8. The van der Waals surface area contributed by atoms with Gasteiger partial charge in [-0.1, -0.05) is 41.4 Å². The molecule has 3 aromatic carbocycles. The van der Waals surface area contributed by atoms with Crippen molar-refractivity contribution in [3.8, 4) is 11.5 Å². The Morgan fingerprint density at radius 2 is 1.69 bits per heavy atom. The van der Waals surface area contributed by atoms with E-state index in [1.807, 2.05) is 6.08 Å². The van der Waals surface area contributed by atoms with E-state index in [4.69, 9.17) is 16.3 Å². The number of carbonyl (C=O) groups excluding carboxylic acids is 4. The number of carboxylic acids is 1. The lowest BCUT2D eigenvalue weighted by Crippen LogP contribution is -2.49. The smallest absolute Gasteiger partial charge is 0.339 e. The Hall–Kier alpha value is -5.07. The van der Waals surface area contributed by atoms with E-state index in [-0.39, 0.29) is 42.5 Å². The number of aliphatic hydroxyl groups excluding tert-OH is 1. The number of ether oxygens (including phenoxy) is 1.